The second-order valence-electron chi connectivity index (χ2n) is 3.14. The molecule has 0 aromatic heterocycles. The van der Waals surface area contributed by atoms with Crippen LogP contribution < -0.4 is 5.73 Å². The lowest BCUT2D eigenvalue weighted by Crippen LogP contribution is -2.43. The van der Waals surface area contributed by atoms with Crippen molar-refractivity contribution in [3.63, 3.8) is 0 Å². The van der Waals surface area contributed by atoms with Crippen molar-refractivity contribution < 1.29 is 14.6 Å². The Hall–Kier alpha value is -0.650. The Morgan fingerprint density at radius 2 is 2.38 bits per heavy atom. The monoisotopic (exact) mass is 188 g/mol. The zero-order valence-electron chi connectivity index (χ0n) is 7.61. The molecule has 1 fully saturated rings. The summed E-state index contributed by atoms with van der Waals surface area (Å²) in [4.78, 5) is 13.0. The minimum absolute atomic E-state index is 0.0569. The Morgan fingerprint density at radius 1 is 1.62 bits per heavy atom. The maximum absolute atomic E-state index is 11.4. The van der Waals surface area contributed by atoms with E-state index in [1.54, 1.807) is 4.90 Å². The van der Waals surface area contributed by atoms with Crippen molar-refractivity contribution in [1.82, 2.24) is 4.90 Å². The second-order valence-corrected chi connectivity index (χ2v) is 3.14. The van der Waals surface area contributed by atoms with Crippen molar-refractivity contribution in [1.29, 1.82) is 0 Å². The molecule has 13 heavy (non-hydrogen) atoms. The maximum Gasteiger partial charge on any atom is 0.225 e. The minimum Gasteiger partial charge on any atom is -0.395 e. The van der Waals surface area contributed by atoms with Gasteiger partial charge in [-0.1, -0.05) is 0 Å². The van der Waals surface area contributed by atoms with Gasteiger partial charge in [0.05, 0.1) is 26.2 Å². The fraction of sp³-hybridized carbons (Fsp3) is 0.875. The lowest BCUT2D eigenvalue weighted by molar-refractivity contribution is -0.130. The largest absolute Gasteiger partial charge is 0.395 e. The fourth-order valence-corrected chi connectivity index (χ4v) is 1.25. The molecule has 0 saturated carbocycles. The Morgan fingerprint density at radius 3 is 3.08 bits per heavy atom. The van der Waals surface area contributed by atoms with Gasteiger partial charge < -0.3 is 20.5 Å². The summed E-state index contributed by atoms with van der Waals surface area (Å²) in [6.07, 6.45) is 0.415. The highest BCUT2D eigenvalue weighted by molar-refractivity contribution is 5.76. The number of nitrogens with zero attached hydrogens (tertiary/aromatic N) is 1. The van der Waals surface area contributed by atoms with Crippen LogP contribution in [0.3, 0.4) is 0 Å². The topological polar surface area (TPSA) is 75.8 Å². The zero-order valence-corrected chi connectivity index (χ0v) is 7.61. The highest BCUT2D eigenvalue weighted by Gasteiger charge is 2.18. The van der Waals surface area contributed by atoms with Gasteiger partial charge >= 0.3 is 0 Å². The van der Waals surface area contributed by atoms with Gasteiger partial charge in [-0.3, -0.25) is 4.79 Å². The SMILES string of the molecule is NC(CO)CN1CCOCCC1=O. The molecule has 5 nitrogen and oxygen atoms in total. The van der Waals surface area contributed by atoms with Crippen molar-refractivity contribution >= 4 is 5.91 Å². The minimum atomic E-state index is -0.345. The fourth-order valence-electron chi connectivity index (χ4n) is 1.25. The van der Waals surface area contributed by atoms with Crippen LogP contribution in [0, 0.1) is 0 Å². The first-order valence-electron chi connectivity index (χ1n) is 4.46. The van der Waals surface area contributed by atoms with Crippen LogP contribution in [0.4, 0.5) is 0 Å². The predicted octanol–water partition coefficient (Wildman–Crippen LogP) is -1.45. The molecule has 1 rings (SSSR count). The first kappa shape index (κ1) is 10.4. The van der Waals surface area contributed by atoms with Gasteiger partial charge in [-0.05, 0) is 0 Å². The summed E-state index contributed by atoms with van der Waals surface area (Å²) in [5.74, 6) is 0.0569. The van der Waals surface area contributed by atoms with Crippen molar-refractivity contribution in [3.8, 4) is 0 Å². The molecule has 0 aromatic carbocycles. The molecule has 0 bridgehead atoms. The molecule has 0 aromatic rings. The van der Waals surface area contributed by atoms with Crippen molar-refractivity contribution in [2.75, 3.05) is 32.9 Å². The number of hydrogen-bond donors (Lipinski definition) is 2. The number of aliphatic hydroxyl groups excluding tert-OH is 1. The van der Waals surface area contributed by atoms with E-state index in [1.807, 2.05) is 0 Å². The highest BCUT2D eigenvalue weighted by Crippen LogP contribution is 2.01. The molecule has 3 N–H and O–H groups in total. The molecule has 0 radical (unpaired) electrons. The van der Waals surface area contributed by atoms with Crippen LogP contribution in [0.15, 0.2) is 0 Å². The predicted molar refractivity (Wildman–Crippen MR) is 47.1 cm³/mol. The average Bonchev–Trinajstić information content (AvgIpc) is 2.32. The zero-order chi connectivity index (χ0) is 9.68. The first-order chi connectivity index (χ1) is 6.24. The molecular formula is C8H16N2O3. The summed E-state index contributed by atoms with van der Waals surface area (Å²) in [6, 6.07) is -0.345. The third kappa shape index (κ3) is 3.30. The lowest BCUT2D eigenvalue weighted by Gasteiger charge is -2.22. The van der Waals surface area contributed by atoms with E-state index in [0.29, 0.717) is 32.7 Å². The molecule has 1 aliphatic heterocycles. The second kappa shape index (κ2) is 5.16. The number of ether oxygens (including phenoxy) is 1. The number of amides is 1. The van der Waals surface area contributed by atoms with Gasteiger partial charge in [0.25, 0.3) is 0 Å². The summed E-state index contributed by atoms with van der Waals surface area (Å²) in [7, 11) is 0. The smallest absolute Gasteiger partial charge is 0.225 e. The van der Waals surface area contributed by atoms with Crippen LogP contribution in [0.5, 0.6) is 0 Å². The Labute approximate surface area is 77.5 Å². The van der Waals surface area contributed by atoms with Crippen molar-refractivity contribution in [3.05, 3.63) is 0 Å². The van der Waals surface area contributed by atoms with Crippen LogP contribution in [-0.4, -0.2) is 54.9 Å². The van der Waals surface area contributed by atoms with Crippen LogP contribution >= 0.6 is 0 Å². The summed E-state index contributed by atoms with van der Waals surface area (Å²) in [6.45, 7) is 1.95. The number of carbonyl (C=O) groups is 1. The number of nitrogens with two attached hydrogens (primary N) is 1. The Kier molecular flexibility index (Phi) is 4.14. The maximum atomic E-state index is 11.4. The molecule has 1 atom stereocenters. The molecule has 1 saturated heterocycles. The van der Waals surface area contributed by atoms with Gasteiger partial charge in [0.15, 0.2) is 0 Å². The van der Waals surface area contributed by atoms with Gasteiger partial charge in [0, 0.05) is 19.1 Å². The molecule has 1 amide bonds. The van der Waals surface area contributed by atoms with Gasteiger partial charge in [0.2, 0.25) is 5.91 Å². The summed E-state index contributed by atoms with van der Waals surface area (Å²) in [5.41, 5.74) is 5.53. The number of carbonyl (C=O) groups excluding carboxylic acids is 1. The van der Waals surface area contributed by atoms with E-state index >= 15 is 0 Å². The van der Waals surface area contributed by atoms with Gasteiger partial charge in [-0.25, -0.2) is 0 Å². The lowest BCUT2D eigenvalue weighted by atomic mass is 10.3. The molecule has 1 aliphatic rings. The van der Waals surface area contributed by atoms with Crippen LogP contribution in [-0.2, 0) is 9.53 Å². The average molecular weight is 188 g/mol. The Balaban J connectivity index is 2.40. The molecular weight excluding hydrogens is 172 g/mol. The van der Waals surface area contributed by atoms with E-state index in [1.165, 1.54) is 0 Å². The van der Waals surface area contributed by atoms with E-state index in [-0.39, 0.29) is 18.6 Å². The summed E-state index contributed by atoms with van der Waals surface area (Å²) in [5, 5.41) is 8.73. The standard InChI is InChI=1S/C8H16N2O3/c9-7(6-11)5-10-2-4-13-3-1-8(10)12/h7,11H,1-6,9H2. The quantitative estimate of drug-likeness (QED) is 0.568. The number of hydrogen-bond acceptors (Lipinski definition) is 4. The molecule has 1 heterocycles. The van der Waals surface area contributed by atoms with Crippen LogP contribution in [0.1, 0.15) is 6.42 Å². The normalized spacial score (nSPS) is 21.4. The van der Waals surface area contributed by atoms with Crippen LogP contribution in [0.2, 0.25) is 0 Å². The van der Waals surface area contributed by atoms with E-state index in [2.05, 4.69) is 0 Å². The highest BCUT2D eigenvalue weighted by atomic mass is 16.5. The van der Waals surface area contributed by atoms with E-state index < -0.39 is 0 Å². The van der Waals surface area contributed by atoms with Crippen molar-refractivity contribution in [2.24, 2.45) is 5.73 Å². The first-order valence-corrected chi connectivity index (χ1v) is 4.46. The molecule has 76 valence electrons. The third-order valence-corrected chi connectivity index (χ3v) is 2.01. The summed E-state index contributed by atoms with van der Waals surface area (Å²) >= 11 is 0. The van der Waals surface area contributed by atoms with Crippen molar-refractivity contribution in [2.45, 2.75) is 12.5 Å². The van der Waals surface area contributed by atoms with E-state index in [4.69, 9.17) is 15.6 Å². The van der Waals surface area contributed by atoms with E-state index in [0.717, 1.165) is 0 Å². The number of aliphatic hydroxyl groups is 1. The van der Waals surface area contributed by atoms with Gasteiger partial charge in [-0.2, -0.15) is 0 Å². The van der Waals surface area contributed by atoms with Gasteiger partial charge in [-0.15, -0.1) is 0 Å². The molecule has 5 heteroatoms. The number of rotatable bonds is 3. The van der Waals surface area contributed by atoms with E-state index in [9.17, 15) is 4.79 Å². The molecule has 1 unspecified atom stereocenters. The van der Waals surface area contributed by atoms with Gasteiger partial charge in [0.1, 0.15) is 0 Å². The molecule has 0 spiro atoms. The van der Waals surface area contributed by atoms with Crippen LogP contribution in [0.25, 0.3) is 0 Å². The Bertz CT molecular complexity index is 175. The third-order valence-electron chi connectivity index (χ3n) is 2.01. The summed E-state index contributed by atoms with van der Waals surface area (Å²) < 4.78 is 5.14. The molecule has 0 aliphatic carbocycles.